The van der Waals surface area contributed by atoms with Crippen LogP contribution in [0.5, 0.6) is 11.5 Å². The Labute approximate surface area is 192 Å². The Bertz CT molecular complexity index is 1330. The number of hydrogen-bond acceptors (Lipinski definition) is 4. The molecule has 6 rings (SSSR count). The molecule has 1 saturated carbocycles. The van der Waals surface area contributed by atoms with E-state index in [-0.39, 0.29) is 11.9 Å². The minimum atomic E-state index is -0.178. The van der Waals surface area contributed by atoms with Crippen molar-refractivity contribution in [2.75, 3.05) is 20.2 Å². The van der Waals surface area contributed by atoms with Crippen molar-refractivity contribution in [2.45, 2.75) is 44.2 Å². The number of nitrogens with zero attached hydrogens (tertiary/aromatic N) is 2. The molecule has 3 heterocycles. The third-order valence-corrected chi connectivity index (χ3v) is 7.27. The number of ether oxygens (including phenoxy) is 2. The van der Waals surface area contributed by atoms with Gasteiger partial charge in [-0.2, -0.15) is 0 Å². The molecule has 6 heteroatoms. The molecular formula is C27H28FN3O2. The van der Waals surface area contributed by atoms with E-state index < -0.39 is 0 Å². The fourth-order valence-electron chi connectivity index (χ4n) is 5.53. The highest BCUT2D eigenvalue weighted by atomic mass is 19.1. The monoisotopic (exact) mass is 445 g/mol. The summed E-state index contributed by atoms with van der Waals surface area (Å²) in [6.07, 6.45) is 5.33. The zero-order chi connectivity index (χ0) is 22.5. The Morgan fingerprint density at radius 3 is 2.94 bits per heavy atom. The van der Waals surface area contributed by atoms with Crippen LogP contribution in [0.4, 0.5) is 4.39 Å². The molecule has 3 unspecified atom stereocenters. The number of nitrogens with one attached hydrogen (secondary N) is 1. The number of halogens is 1. The van der Waals surface area contributed by atoms with Gasteiger partial charge in [0.2, 0.25) is 0 Å². The molecule has 4 aromatic rings. The summed E-state index contributed by atoms with van der Waals surface area (Å²) in [5, 5.41) is 2.01. The highest BCUT2D eigenvalue weighted by molar-refractivity contribution is 5.88. The van der Waals surface area contributed by atoms with Crippen LogP contribution in [0, 0.1) is 12.7 Å². The van der Waals surface area contributed by atoms with Gasteiger partial charge in [-0.25, -0.2) is 4.39 Å². The number of fused-ring (bicyclic) bond motifs is 4. The molecule has 1 aliphatic carbocycles. The highest BCUT2D eigenvalue weighted by Gasteiger charge is 2.32. The van der Waals surface area contributed by atoms with Gasteiger partial charge in [-0.15, -0.1) is 0 Å². The van der Waals surface area contributed by atoms with Gasteiger partial charge in [0.25, 0.3) is 0 Å². The number of aromatic amines is 1. The van der Waals surface area contributed by atoms with Crippen LogP contribution in [-0.2, 0) is 0 Å². The molecule has 2 aromatic heterocycles. The zero-order valence-electron chi connectivity index (χ0n) is 19.0. The maximum atomic E-state index is 13.8. The molecule has 170 valence electrons. The number of pyridine rings is 1. The summed E-state index contributed by atoms with van der Waals surface area (Å²) in [6, 6.07) is 13.5. The lowest BCUT2D eigenvalue weighted by molar-refractivity contribution is 0.0564. The fraction of sp³-hybridized carbons (Fsp3) is 0.370. The average molecular weight is 446 g/mol. The Hall–Kier alpha value is -3.12. The van der Waals surface area contributed by atoms with Gasteiger partial charge >= 0.3 is 0 Å². The lowest BCUT2D eigenvalue weighted by Crippen LogP contribution is -2.42. The Balaban J connectivity index is 1.15. The predicted octanol–water partition coefficient (Wildman–Crippen LogP) is 5.57. The third-order valence-electron chi connectivity index (χ3n) is 7.27. The average Bonchev–Trinajstić information content (AvgIpc) is 3.45. The van der Waals surface area contributed by atoms with Gasteiger partial charge in [0.05, 0.1) is 5.52 Å². The molecule has 2 aromatic carbocycles. The quantitative estimate of drug-likeness (QED) is 0.446. The second-order valence-electron chi connectivity index (χ2n) is 9.50. The van der Waals surface area contributed by atoms with E-state index in [9.17, 15) is 4.39 Å². The highest BCUT2D eigenvalue weighted by Crippen LogP contribution is 2.41. The van der Waals surface area contributed by atoms with Gasteiger partial charge < -0.3 is 14.5 Å². The maximum Gasteiger partial charge on any atom is 0.171 e. The van der Waals surface area contributed by atoms with E-state index in [4.69, 9.17) is 9.47 Å². The van der Waals surface area contributed by atoms with Gasteiger partial charge in [0.1, 0.15) is 18.5 Å². The summed E-state index contributed by atoms with van der Waals surface area (Å²) in [6.45, 7) is 3.34. The Morgan fingerprint density at radius 2 is 2.03 bits per heavy atom. The number of aromatic nitrogens is 2. The van der Waals surface area contributed by atoms with Gasteiger partial charge in [-0.05, 0) is 87.2 Å². The lowest BCUT2D eigenvalue weighted by atomic mass is 9.96. The molecule has 0 amide bonds. The predicted molar refractivity (Wildman–Crippen MR) is 128 cm³/mol. The standard InChI is InChI=1S/C27H28FN3O2/c1-16-3-7-21-25(30-16)9-10-26-27(21)33-20(15-32-26)14-31(2)19-6-4-17(11-19)23-13-29-24-8-5-18(28)12-22(23)24/h3,5,7-10,12-13,17,19-20,29H,4,6,11,14-15H2,1-2H3. The van der Waals surface area contributed by atoms with Crippen LogP contribution >= 0.6 is 0 Å². The van der Waals surface area contributed by atoms with Crippen LogP contribution in [0.2, 0.25) is 0 Å². The molecule has 5 nitrogen and oxygen atoms in total. The molecule has 1 fully saturated rings. The van der Waals surface area contributed by atoms with Gasteiger partial charge in [-0.3, -0.25) is 9.88 Å². The van der Waals surface area contributed by atoms with Crippen molar-refractivity contribution in [1.82, 2.24) is 14.9 Å². The van der Waals surface area contributed by atoms with Gasteiger partial charge in [-0.1, -0.05) is 0 Å². The first kappa shape index (κ1) is 20.5. The number of benzene rings is 2. The van der Waals surface area contributed by atoms with Crippen molar-refractivity contribution in [3.8, 4) is 11.5 Å². The molecule has 1 N–H and O–H groups in total. The van der Waals surface area contributed by atoms with Crippen LogP contribution in [0.25, 0.3) is 21.8 Å². The summed E-state index contributed by atoms with van der Waals surface area (Å²) >= 11 is 0. The first-order valence-corrected chi connectivity index (χ1v) is 11.7. The van der Waals surface area contributed by atoms with Crippen LogP contribution in [0.1, 0.15) is 36.4 Å². The molecule has 0 radical (unpaired) electrons. The first-order chi connectivity index (χ1) is 16.0. The number of rotatable bonds is 4. The van der Waals surface area contributed by atoms with Crippen molar-refractivity contribution in [3.63, 3.8) is 0 Å². The van der Waals surface area contributed by atoms with Crippen molar-refractivity contribution < 1.29 is 13.9 Å². The summed E-state index contributed by atoms with van der Waals surface area (Å²) in [5.41, 5.74) is 4.16. The molecule has 0 spiro atoms. The minimum Gasteiger partial charge on any atom is -0.486 e. The Kier molecular flexibility index (Phi) is 4.98. The molecule has 0 bridgehead atoms. The van der Waals surface area contributed by atoms with Crippen molar-refractivity contribution in [2.24, 2.45) is 0 Å². The van der Waals surface area contributed by atoms with E-state index in [1.165, 1.54) is 11.6 Å². The van der Waals surface area contributed by atoms with Crippen LogP contribution in [-0.4, -0.2) is 47.2 Å². The van der Waals surface area contributed by atoms with Gasteiger partial charge in [0.15, 0.2) is 11.5 Å². The van der Waals surface area contributed by atoms with Crippen LogP contribution in [0.3, 0.4) is 0 Å². The van der Waals surface area contributed by atoms with Crippen molar-refractivity contribution in [1.29, 1.82) is 0 Å². The molecule has 0 saturated heterocycles. The summed E-state index contributed by atoms with van der Waals surface area (Å²) in [7, 11) is 2.18. The van der Waals surface area contributed by atoms with E-state index in [1.807, 2.05) is 31.2 Å². The normalized spacial score (nSPS) is 22.5. The lowest BCUT2D eigenvalue weighted by Gasteiger charge is -2.32. The van der Waals surface area contributed by atoms with Crippen LogP contribution in [0.15, 0.2) is 48.7 Å². The van der Waals surface area contributed by atoms with Crippen LogP contribution < -0.4 is 9.47 Å². The zero-order valence-corrected chi connectivity index (χ0v) is 19.0. The number of likely N-dealkylation sites (N-methyl/N-ethyl adjacent to an activating group) is 1. The third kappa shape index (κ3) is 3.72. The molecule has 2 aliphatic rings. The van der Waals surface area contributed by atoms with Gasteiger partial charge in [0, 0.05) is 40.8 Å². The van der Waals surface area contributed by atoms with Crippen molar-refractivity contribution in [3.05, 3.63) is 65.7 Å². The van der Waals surface area contributed by atoms with E-state index in [0.717, 1.165) is 64.8 Å². The second-order valence-corrected chi connectivity index (χ2v) is 9.50. The van der Waals surface area contributed by atoms with E-state index in [2.05, 4.69) is 34.2 Å². The summed E-state index contributed by atoms with van der Waals surface area (Å²) < 4.78 is 26.3. The first-order valence-electron chi connectivity index (χ1n) is 11.7. The number of H-pyrrole nitrogens is 1. The number of aryl methyl sites for hydroxylation is 1. The molecule has 1 aliphatic heterocycles. The SMILES string of the molecule is Cc1ccc2c3c(ccc2n1)OCC(CN(C)C1CCC(c2c[nH]c4ccc(F)cc24)C1)O3. The summed E-state index contributed by atoms with van der Waals surface area (Å²) in [5.74, 6) is 1.85. The molecular weight excluding hydrogens is 417 g/mol. The smallest absolute Gasteiger partial charge is 0.171 e. The largest absolute Gasteiger partial charge is 0.486 e. The minimum absolute atomic E-state index is 0.0318. The van der Waals surface area contributed by atoms with E-state index in [0.29, 0.717) is 18.6 Å². The Morgan fingerprint density at radius 1 is 1.12 bits per heavy atom. The van der Waals surface area contributed by atoms with E-state index in [1.54, 1.807) is 6.07 Å². The van der Waals surface area contributed by atoms with E-state index >= 15 is 0 Å². The molecule has 33 heavy (non-hydrogen) atoms. The maximum absolute atomic E-state index is 13.8. The second kappa shape index (κ2) is 8.03. The van der Waals surface area contributed by atoms with Crippen molar-refractivity contribution >= 4 is 21.8 Å². The topological polar surface area (TPSA) is 50.4 Å². The fourth-order valence-corrected chi connectivity index (χ4v) is 5.53. The molecule has 3 atom stereocenters. The summed E-state index contributed by atoms with van der Waals surface area (Å²) in [4.78, 5) is 10.3. The number of hydrogen-bond donors (Lipinski definition) is 1.